The summed E-state index contributed by atoms with van der Waals surface area (Å²) in [5.41, 5.74) is 5.64. The highest BCUT2D eigenvalue weighted by Crippen LogP contribution is 2.32. The van der Waals surface area contributed by atoms with Gasteiger partial charge in [0, 0.05) is 18.2 Å². The summed E-state index contributed by atoms with van der Waals surface area (Å²) in [4.78, 5) is 26.2. The molecular weight excluding hydrogens is 346 g/mol. The van der Waals surface area contributed by atoms with Crippen molar-refractivity contribution in [3.05, 3.63) is 18.2 Å². The number of hydrogen-bond donors (Lipinski definition) is 3. The minimum atomic E-state index is -0.843. The molecule has 2 aromatic rings. The quantitative estimate of drug-likeness (QED) is 0.477. The van der Waals surface area contributed by atoms with E-state index >= 15 is 0 Å². The van der Waals surface area contributed by atoms with E-state index in [9.17, 15) is 9.59 Å². The molecule has 1 aromatic carbocycles. The lowest BCUT2D eigenvalue weighted by Gasteiger charge is -2.07. The number of carbonyl (C=O) groups excluding carboxylic acids is 2. The van der Waals surface area contributed by atoms with E-state index in [0.717, 1.165) is 5.56 Å². The molecule has 0 saturated heterocycles. The molecule has 0 bridgehead atoms. The molecular formula is C15H19N5O4S. The average Bonchev–Trinajstić information content (AvgIpc) is 3.06. The predicted octanol–water partition coefficient (Wildman–Crippen LogP) is 1.56. The second-order valence-electron chi connectivity index (χ2n) is 4.90. The standard InChI is InChI=1S/C15H19N5O4S/c1-23-9-5-6-10(11(8-9)24-2)13-18-15(20-19-13)25-7-3-4-12(21)17-14(16)22/h5-6,8H,3-4,7H2,1-2H3,(H,18,19,20)(H3,16,17,21,22). The van der Waals surface area contributed by atoms with E-state index < -0.39 is 11.9 Å². The fourth-order valence-corrected chi connectivity index (χ4v) is 2.76. The Hall–Kier alpha value is -2.75. The molecule has 0 spiro atoms. The van der Waals surface area contributed by atoms with E-state index in [0.29, 0.717) is 34.7 Å². The highest BCUT2D eigenvalue weighted by atomic mass is 32.2. The Bertz CT molecular complexity index is 749. The van der Waals surface area contributed by atoms with Crippen molar-refractivity contribution in [2.24, 2.45) is 5.73 Å². The monoisotopic (exact) mass is 365 g/mol. The molecule has 0 aliphatic rings. The fraction of sp³-hybridized carbons (Fsp3) is 0.333. The zero-order valence-electron chi connectivity index (χ0n) is 13.9. The summed E-state index contributed by atoms with van der Waals surface area (Å²) in [7, 11) is 3.16. The summed E-state index contributed by atoms with van der Waals surface area (Å²) in [6.07, 6.45) is 0.777. The van der Waals surface area contributed by atoms with Gasteiger partial charge in [0.25, 0.3) is 0 Å². The number of urea groups is 1. The normalized spacial score (nSPS) is 10.3. The van der Waals surface area contributed by atoms with Gasteiger partial charge in [0.1, 0.15) is 11.5 Å². The van der Waals surface area contributed by atoms with Crippen molar-refractivity contribution in [3.63, 3.8) is 0 Å². The van der Waals surface area contributed by atoms with Crippen LogP contribution >= 0.6 is 11.8 Å². The minimum absolute atomic E-state index is 0.208. The Kier molecular flexibility index (Phi) is 6.63. The third kappa shape index (κ3) is 5.38. The molecule has 1 aromatic heterocycles. The average molecular weight is 365 g/mol. The largest absolute Gasteiger partial charge is 0.497 e. The van der Waals surface area contributed by atoms with Crippen LogP contribution in [-0.4, -0.2) is 47.1 Å². The predicted molar refractivity (Wildman–Crippen MR) is 92.6 cm³/mol. The zero-order chi connectivity index (χ0) is 18.2. The zero-order valence-corrected chi connectivity index (χ0v) is 14.7. The number of hydrogen-bond acceptors (Lipinski definition) is 7. The molecule has 0 fully saturated rings. The number of H-pyrrole nitrogens is 1. The molecule has 3 amide bonds. The van der Waals surface area contributed by atoms with Crippen LogP contribution in [0.2, 0.25) is 0 Å². The number of aromatic nitrogens is 3. The van der Waals surface area contributed by atoms with Gasteiger partial charge in [0.05, 0.1) is 19.8 Å². The summed E-state index contributed by atoms with van der Waals surface area (Å²) in [5.74, 6) is 2.11. The van der Waals surface area contributed by atoms with Crippen LogP contribution in [0.15, 0.2) is 23.4 Å². The topological polar surface area (TPSA) is 132 Å². The van der Waals surface area contributed by atoms with E-state index in [1.54, 1.807) is 20.3 Å². The van der Waals surface area contributed by atoms with Crippen molar-refractivity contribution in [1.29, 1.82) is 0 Å². The fourth-order valence-electron chi connectivity index (χ4n) is 2.02. The van der Waals surface area contributed by atoms with Crippen LogP contribution < -0.4 is 20.5 Å². The molecule has 0 unspecified atom stereocenters. The Labute approximate surface area is 148 Å². The Morgan fingerprint density at radius 3 is 2.80 bits per heavy atom. The molecule has 25 heavy (non-hydrogen) atoms. The van der Waals surface area contributed by atoms with Gasteiger partial charge < -0.3 is 15.2 Å². The Balaban J connectivity index is 1.92. The lowest BCUT2D eigenvalue weighted by Crippen LogP contribution is -2.34. The SMILES string of the molecule is COc1ccc(-c2nc(SCCCC(=O)NC(N)=O)n[nH]2)c(OC)c1. The molecule has 134 valence electrons. The lowest BCUT2D eigenvalue weighted by atomic mass is 10.2. The maximum atomic E-state index is 11.3. The molecule has 9 nitrogen and oxygen atoms in total. The van der Waals surface area contributed by atoms with Crippen molar-refractivity contribution in [2.45, 2.75) is 18.0 Å². The van der Waals surface area contributed by atoms with Crippen molar-refractivity contribution in [2.75, 3.05) is 20.0 Å². The van der Waals surface area contributed by atoms with Gasteiger partial charge in [-0.05, 0) is 18.6 Å². The third-order valence-corrected chi connectivity index (χ3v) is 4.10. The highest BCUT2D eigenvalue weighted by Gasteiger charge is 2.12. The molecule has 1 heterocycles. The van der Waals surface area contributed by atoms with Gasteiger partial charge >= 0.3 is 6.03 Å². The number of thioether (sulfide) groups is 1. The van der Waals surface area contributed by atoms with Crippen LogP contribution in [0.25, 0.3) is 11.4 Å². The second kappa shape index (κ2) is 8.92. The minimum Gasteiger partial charge on any atom is -0.497 e. The number of methoxy groups -OCH3 is 2. The lowest BCUT2D eigenvalue weighted by molar-refractivity contribution is -0.119. The van der Waals surface area contributed by atoms with Crippen molar-refractivity contribution >= 4 is 23.7 Å². The molecule has 4 N–H and O–H groups in total. The number of benzene rings is 1. The van der Waals surface area contributed by atoms with E-state index in [4.69, 9.17) is 15.2 Å². The van der Waals surface area contributed by atoms with Crippen LogP contribution in [0.1, 0.15) is 12.8 Å². The van der Waals surface area contributed by atoms with Crippen LogP contribution in [0, 0.1) is 0 Å². The summed E-state index contributed by atoms with van der Waals surface area (Å²) in [6, 6.07) is 4.57. The van der Waals surface area contributed by atoms with Crippen molar-refractivity contribution < 1.29 is 19.1 Å². The van der Waals surface area contributed by atoms with Crippen LogP contribution in [-0.2, 0) is 4.79 Å². The van der Waals surface area contributed by atoms with Crippen LogP contribution in [0.3, 0.4) is 0 Å². The second-order valence-corrected chi connectivity index (χ2v) is 5.96. The summed E-state index contributed by atoms with van der Waals surface area (Å²) in [6.45, 7) is 0. The number of nitrogens with zero attached hydrogens (tertiary/aromatic N) is 2. The summed E-state index contributed by atoms with van der Waals surface area (Å²) < 4.78 is 10.5. The van der Waals surface area contributed by atoms with Gasteiger partial charge in [-0.25, -0.2) is 9.78 Å². The first-order valence-electron chi connectivity index (χ1n) is 7.40. The first-order chi connectivity index (χ1) is 12.0. The van der Waals surface area contributed by atoms with Gasteiger partial charge in [-0.3, -0.25) is 15.2 Å². The van der Waals surface area contributed by atoms with E-state index in [1.807, 2.05) is 17.4 Å². The molecule has 0 aliphatic carbocycles. The third-order valence-electron chi connectivity index (χ3n) is 3.17. The Morgan fingerprint density at radius 1 is 1.32 bits per heavy atom. The van der Waals surface area contributed by atoms with Crippen molar-refractivity contribution in [3.8, 4) is 22.9 Å². The van der Waals surface area contributed by atoms with Gasteiger partial charge in [0.15, 0.2) is 5.82 Å². The van der Waals surface area contributed by atoms with Crippen LogP contribution in [0.4, 0.5) is 4.79 Å². The molecule has 10 heteroatoms. The number of imide groups is 1. The molecule has 0 radical (unpaired) electrons. The summed E-state index contributed by atoms with van der Waals surface area (Å²) >= 11 is 1.40. The number of rotatable bonds is 8. The van der Waals surface area contributed by atoms with Gasteiger partial charge in [-0.1, -0.05) is 11.8 Å². The van der Waals surface area contributed by atoms with E-state index in [1.165, 1.54) is 11.8 Å². The summed E-state index contributed by atoms with van der Waals surface area (Å²) in [5, 5.41) is 9.58. The number of nitrogens with two attached hydrogens (primary N) is 1. The first kappa shape index (κ1) is 18.6. The molecule has 2 rings (SSSR count). The number of ether oxygens (including phenoxy) is 2. The highest BCUT2D eigenvalue weighted by molar-refractivity contribution is 7.99. The van der Waals surface area contributed by atoms with E-state index in [-0.39, 0.29) is 6.42 Å². The number of nitrogens with one attached hydrogen (secondary N) is 2. The van der Waals surface area contributed by atoms with Gasteiger partial charge in [-0.15, -0.1) is 5.10 Å². The number of aromatic amines is 1. The van der Waals surface area contributed by atoms with Gasteiger partial charge in [-0.2, -0.15) is 0 Å². The van der Waals surface area contributed by atoms with Gasteiger partial charge in [0.2, 0.25) is 11.1 Å². The Morgan fingerprint density at radius 2 is 2.12 bits per heavy atom. The molecule has 0 saturated carbocycles. The smallest absolute Gasteiger partial charge is 0.318 e. The number of amides is 3. The number of carbonyl (C=O) groups is 2. The number of primary amides is 1. The molecule has 0 aliphatic heterocycles. The maximum Gasteiger partial charge on any atom is 0.318 e. The van der Waals surface area contributed by atoms with Crippen LogP contribution in [0.5, 0.6) is 11.5 Å². The first-order valence-corrected chi connectivity index (χ1v) is 8.39. The van der Waals surface area contributed by atoms with E-state index in [2.05, 4.69) is 15.2 Å². The maximum absolute atomic E-state index is 11.3. The molecule has 0 atom stereocenters. The van der Waals surface area contributed by atoms with Crippen molar-refractivity contribution in [1.82, 2.24) is 20.5 Å².